The van der Waals surface area contributed by atoms with Gasteiger partial charge in [0.2, 0.25) is 0 Å². The van der Waals surface area contributed by atoms with Gasteiger partial charge in [-0.3, -0.25) is 5.41 Å². The number of anilines is 2. The Labute approximate surface area is 197 Å². The van der Waals surface area contributed by atoms with Crippen molar-refractivity contribution in [2.24, 2.45) is 0 Å². The van der Waals surface area contributed by atoms with Crippen LogP contribution >= 0.6 is 0 Å². The van der Waals surface area contributed by atoms with E-state index < -0.39 is 0 Å². The van der Waals surface area contributed by atoms with Crippen LogP contribution in [-0.2, 0) is 0 Å². The van der Waals surface area contributed by atoms with Gasteiger partial charge in [0, 0.05) is 48.7 Å². The van der Waals surface area contributed by atoms with Crippen LogP contribution in [0, 0.1) is 5.41 Å². The Morgan fingerprint density at radius 2 is 0.812 bits per heavy atom. The number of hydrogen-bond acceptors (Lipinski definition) is 3. The molecule has 0 unspecified atom stereocenters. The van der Waals surface area contributed by atoms with Crippen LogP contribution in [0.4, 0.5) is 11.4 Å². The van der Waals surface area contributed by atoms with Crippen LogP contribution in [0.3, 0.4) is 0 Å². The van der Waals surface area contributed by atoms with Gasteiger partial charge in [-0.2, -0.15) is 0 Å². The van der Waals surface area contributed by atoms with E-state index in [4.69, 9.17) is 5.41 Å². The van der Waals surface area contributed by atoms with Gasteiger partial charge in [0.25, 0.3) is 0 Å². The highest BCUT2D eigenvalue weighted by Gasteiger charge is 2.10. The SMILES string of the molecule is CCCCN(CCCC)c1ccc(C(=N)c2ccc(N(CCCC)CCCC)cc2)cc1. The van der Waals surface area contributed by atoms with Crippen molar-refractivity contribution in [3.05, 3.63) is 59.7 Å². The van der Waals surface area contributed by atoms with E-state index in [1.807, 2.05) is 0 Å². The van der Waals surface area contributed by atoms with Crippen molar-refractivity contribution in [1.29, 1.82) is 5.41 Å². The summed E-state index contributed by atoms with van der Waals surface area (Å²) in [5.41, 5.74) is 5.13. The molecule has 2 aromatic carbocycles. The summed E-state index contributed by atoms with van der Waals surface area (Å²) >= 11 is 0. The summed E-state index contributed by atoms with van der Waals surface area (Å²) in [5.74, 6) is 0. The summed E-state index contributed by atoms with van der Waals surface area (Å²) in [6.45, 7) is 13.5. The predicted octanol–water partition coefficient (Wildman–Crippen LogP) is 7.92. The van der Waals surface area contributed by atoms with E-state index >= 15 is 0 Å². The molecule has 0 saturated carbocycles. The molecule has 0 spiro atoms. The van der Waals surface area contributed by atoms with Gasteiger partial charge in [0.15, 0.2) is 0 Å². The third-order valence-electron chi connectivity index (χ3n) is 6.17. The molecule has 0 heterocycles. The van der Waals surface area contributed by atoms with Gasteiger partial charge in [-0.1, -0.05) is 77.6 Å². The monoisotopic (exact) mass is 435 g/mol. The van der Waals surface area contributed by atoms with Crippen LogP contribution in [-0.4, -0.2) is 31.9 Å². The molecule has 0 aliphatic heterocycles. The Hall–Kier alpha value is -2.29. The van der Waals surface area contributed by atoms with Gasteiger partial charge in [-0.05, 0) is 49.9 Å². The molecule has 0 bridgehead atoms. The molecule has 0 atom stereocenters. The fraction of sp³-hybridized carbons (Fsp3) is 0.552. The van der Waals surface area contributed by atoms with Crippen molar-refractivity contribution in [2.45, 2.75) is 79.1 Å². The minimum Gasteiger partial charge on any atom is -0.372 e. The first kappa shape index (κ1) is 26.0. The average molecular weight is 436 g/mol. The van der Waals surface area contributed by atoms with Gasteiger partial charge < -0.3 is 9.80 Å². The van der Waals surface area contributed by atoms with E-state index in [-0.39, 0.29) is 0 Å². The zero-order valence-corrected chi connectivity index (χ0v) is 21.0. The Bertz CT molecular complexity index is 682. The molecule has 1 N–H and O–H groups in total. The zero-order chi connectivity index (χ0) is 23.2. The van der Waals surface area contributed by atoms with Crippen molar-refractivity contribution in [1.82, 2.24) is 0 Å². The largest absolute Gasteiger partial charge is 0.372 e. The van der Waals surface area contributed by atoms with Gasteiger partial charge in [0.05, 0.1) is 5.71 Å². The normalized spacial score (nSPS) is 10.9. The molecular formula is C29H45N3. The molecular weight excluding hydrogens is 390 g/mol. The molecule has 0 amide bonds. The number of nitrogens with one attached hydrogen (secondary N) is 1. The van der Waals surface area contributed by atoms with Crippen LogP contribution in [0.5, 0.6) is 0 Å². The standard InChI is InChI=1S/C29H45N3/c1-5-9-21-31(22-10-6-2)27-17-13-25(14-18-27)29(30)26-15-19-28(20-16-26)32(23-11-7-3)24-12-8-4/h13-20,30H,5-12,21-24H2,1-4H3. The number of nitrogens with zero attached hydrogens (tertiary/aromatic N) is 2. The topological polar surface area (TPSA) is 30.3 Å². The van der Waals surface area contributed by atoms with E-state index in [2.05, 4.69) is 86.0 Å². The molecule has 2 rings (SSSR count). The summed E-state index contributed by atoms with van der Waals surface area (Å²) in [6, 6.07) is 17.2. The molecule has 176 valence electrons. The van der Waals surface area contributed by atoms with E-state index in [0.717, 1.165) is 37.3 Å². The van der Waals surface area contributed by atoms with Gasteiger partial charge in [0.1, 0.15) is 0 Å². The lowest BCUT2D eigenvalue weighted by molar-refractivity contribution is 0.678. The summed E-state index contributed by atoms with van der Waals surface area (Å²) in [5, 5.41) is 8.74. The van der Waals surface area contributed by atoms with Crippen LogP contribution in [0.2, 0.25) is 0 Å². The van der Waals surface area contributed by atoms with Crippen LogP contribution < -0.4 is 9.80 Å². The highest BCUT2D eigenvalue weighted by Crippen LogP contribution is 2.21. The lowest BCUT2D eigenvalue weighted by Crippen LogP contribution is -2.25. The van der Waals surface area contributed by atoms with Crippen molar-refractivity contribution in [3.63, 3.8) is 0 Å². The Morgan fingerprint density at radius 3 is 1.06 bits per heavy atom. The fourth-order valence-corrected chi connectivity index (χ4v) is 3.98. The molecule has 32 heavy (non-hydrogen) atoms. The van der Waals surface area contributed by atoms with Gasteiger partial charge >= 0.3 is 0 Å². The second-order valence-corrected chi connectivity index (χ2v) is 8.86. The number of benzene rings is 2. The lowest BCUT2D eigenvalue weighted by atomic mass is 10.0. The van der Waals surface area contributed by atoms with Gasteiger partial charge in [-0.25, -0.2) is 0 Å². The summed E-state index contributed by atoms with van der Waals surface area (Å²) in [6.07, 6.45) is 9.77. The van der Waals surface area contributed by atoms with E-state index in [9.17, 15) is 0 Å². The van der Waals surface area contributed by atoms with Crippen molar-refractivity contribution in [2.75, 3.05) is 36.0 Å². The zero-order valence-electron chi connectivity index (χ0n) is 21.0. The quantitative estimate of drug-likeness (QED) is 0.271. The predicted molar refractivity (Wildman–Crippen MR) is 143 cm³/mol. The maximum atomic E-state index is 8.74. The molecule has 0 aliphatic carbocycles. The summed E-state index contributed by atoms with van der Waals surface area (Å²) in [7, 11) is 0. The maximum absolute atomic E-state index is 8.74. The third-order valence-corrected chi connectivity index (χ3v) is 6.17. The lowest BCUT2D eigenvalue weighted by Gasteiger charge is -2.25. The van der Waals surface area contributed by atoms with Crippen LogP contribution in [0.25, 0.3) is 0 Å². The van der Waals surface area contributed by atoms with Gasteiger partial charge in [-0.15, -0.1) is 0 Å². The molecule has 0 aromatic heterocycles. The van der Waals surface area contributed by atoms with Crippen molar-refractivity contribution >= 4 is 17.1 Å². The number of rotatable bonds is 16. The van der Waals surface area contributed by atoms with Crippen molar-refractivity contribution < 1.29 is 0 Å². The summed E-state index contributed by atoms with van der Waals surface area (Å²) < 4.78 is 0. The maximum Gasteiger partial charge on any atom is 0.0684 e. The molecule has 3 heteroatoms. The molecule has 0 radical (unpaired) electrons. The minimum atomic E-state index is 0.602. The summed E-state index contributed by atoms with van der Waals surface area (Å²) in [4.78, 5) is 4.99. The molecule has 3 nitrogen and oxygen atoms in total. The fourth-order valence-electron chi connectivity index (χ4n) is 3.98. The molecule has 0 saturated heterocycles. The smallest absolute Gasteiger partial charge is 0.0684 e. The minimum absolute atomic E-state index is 0.602. The van der Waals surface area contributed by atoms with Crippen LogP contribution in [0.15, 0.2) is 48.5 Å². The van der Waals surface area contributed by atoms with E-state index in [0.29, 0.717) is 5.71 Å². The van der Waals surface area contributed by atoms with Crippen molar-refractivity contribution in [3.8, 4) is 0 Å². The first-order valence-corrected chi connectivity index (χ1v) is 12.9. The van der Waals surface area contributed by atoms with Crippen LogP contribution in [0.1, 0.15) is 90.2 Å². The second-order valence-electron chi connectivity index (χ2n) is 8.86. The Kier molecular flexibility index (Phi) is 11.9. The number of hydrogen-bond donors (Lipinski definition) is 1. The third kappa shape index (κ3) is 8.00. The molecule has 2 aromatic rings. The Morgan fingerprint density at radius 1 is 0.531 bits per heavy atom. The number of unbranched alkanes of at least 4 members (excludes halogenated alkanes) is 4. The Balaban J connectivity index is 2.09. The highest BCUT2D eigenvalue weighted by atomic mass is 15.1. The average Bonchev–Trinajstić information content (AvgIpc) is 2.84. The second kappa shape index (κ2) is 14.7. The molecule has 0 fully saturated rings. The van der Waals surface area contributed by atoms with E-state index in [1.54, 1.807) is 0 Å². The van der Waals surface area contributed by atoms with E-state index in [1.165, 1.54) is 62.7 Å². The first-order valence-electron chi connectivity index (χ1n) is 12.9. The highest BCUT2D eigenvalue weighted by molar-refractivity contribution is 6.11. The first-order chi connectivity index (χ1) is 15.6. The molecule has 0 aliphatic rings.